The van der Waals surface area contributed by atoms with E-state index in [1.165, 1.54) is 16.7 Å². The molecule has 1 aromatic carbocycles. The van der Waals surface area contributed by atoms with Crippen molar-refractivity contribution in [3.05, 3.63) is 29.3 Å². The van der Waals surface area contributed by atoms with Crippen LogP contribution in [0, 0.1) is 0 Å². The molecule has 6 nitrogen and oxygen atoms in total. The molecule has 2 rings (SSSR count). The quantitative estimate of drug-likeness (QED) is 0.788. The minimum atomic E-state index is -3.08. The second-order valence-electron chi connectivity index (χ2n) is 5.79. The van der Waals surface area contributed by atoms with Gasteiger partial charge in [0.15, 0.2) is 9.84 Å². The minimum absolute atomic E-state index is 0.0151. The summed E-state index contributed by atoms with van der Waals surface area (Å²) in [6, 6.07) is 6.48. The number of rotatable bonds is 5. The third-order valence-corrected chi connectivity index (χ3v) is 6.20. The predicted octanol–water partition coefficient (Wildman–Crippen LogP) is 1.73. The fourth-order valence-electron chi connectivity index (χ4n) is 2.92. The highest BCUT2D eigenvalue weighted by Crippen LogP contribution is 2.26. The Bertz CT molecular complexity index is 735. The molecule has 1 aliphatic heterocycles. The summed E-state index contributed by atoms with van der Waals surface area (Å²) in [6.45, 7) is 3.40. The predicted molar refractivity (Wildman–Crippen MR) is 93.9 cm³/mol. The van der Waals surface area contributed by atoms with Gasteiger partial charge in [-0.05, 0) is 25.5 Å². The van der Waals surface area contributed by atoms with E-state index in [0.29, 0.717) is 23.7 Å². The number of anilines is 1. The highest BCUT2D eigenvalue weighted by molar-refractivity contribution is 7.91. The van der Waals surface area contributed by atoms with Crippen LogP contribution in [0.25, 0.3) is 0 Å². The maximum Gasteiger partial charge on any atom is 0.242 e. The van der Waals surface area contributed by atoms with E-state index >= 15 is 0 Å². The van der Waals surface area contributed by atoms with Crippen molar-refractivity contribution in [1.29, 1.82) is 0 Å². The lowest BCUT2D eigenvalue weighted by Crippen LogP contribution is -2.47. The van der Waals surface area contributed by atoms with Gasteiger partial charge in [-0.15, -0.1) is 0 Å². The first-order valence-electron chi connectivity index (χ1n) is 7.77. The van der Waals surface area contributed by atoms with Crippen LogP contribution in [0.1, 0.15) is 20.3 Å². The number of carbonyl (C=O) groups is 2. The number of likely N-dealkylation sites (N-methyl/N-ethyl adjacent to an activating group) is 1. The van der Waals surface area contributed by atoms with Crippen molar-refractivity contribution < 1.29 is 18.0 Å². The van der Waals surface area contributed by atoms with Crippen molar-refractivity contribution in [2.24, 2.45) is 0 Å². The Kier molecular flexibility index (Phi) is 5.87. The highest BCUT2D eigenvalue weighted by atomic mass is 35.5. The monoisotopic (exact) mass is 372 g/mol. The average molecular weight is 373 g/mol. The number of para-hydroxylation sites is 1. The Balaban J connectivity index is 2.18. The van der Waals surface area contributed by atoms with E-state index < -0.39 is 9.84 Å². The molecule has 1 aromatic rings. The summed E-state index contributed by atoms with van der Waals surface area (Å²) in [6.07, 6.45) is 0.439. The molecule has 132 valence electrons. The van der Waals surface area contributed by atoms with E-state index in [1.807, 2.05) is 0 Å². The summed E-state index contributed by atoms with van der Waals surface area (Å²) in [5.41, 5.74) is 0.468. The zero-order valence-corrected chi connectivity index (χ0v) is 15.3. The van der Waals surface area contributed by atoms with Gasteiger partial charge in [-0.2, -0.15) is 0 Å². The smallest absolute Gasteiger partial charge is 0.242 e. The van der Waals surface area contributed by atoms with Crippen LogP contribution < -0.4 is 4.90 Å². The molecule has 0 aliphatic carbocycles. The van der Waals surface area contributed by atoms with E-state index in [0.717, 1.165) is 0 Å². The Morgan fingerprint density at radius 3 is 2.46 bits per heavy atom. The second-order valence-corrected chi connectivity index (χ2v) is 8.43. The number of hydrogen-bond acceptors (Lipinski definition) is 4. The fraction of sp³-hybridized carbons (Fsp3) is 0.500. The lowest BCUT2D eigenvalue weighted by atomic mass is 10.2. The van der Waals surface area contributed by atoms with Crippen LogP contribution in [-0.4, -0.2) is 55.8 Å². The number of halogens is 1. The SMILES string of the molecule is CCN(C(=O)CN(C(C)=O)c1ccccc1Cl)C1CCS(=O)(=O)C1. The number of carbonyl (C=O) groups excluding carboxylic acids is 2. The number of benzene rings is 1. The number of amides is 2. The van der Waals surface area contributed by atoms with Gasteiger partial charge in [0.05, 0.1) is 22.2 Å². The third-order valence-electron chi connectivity index (χ3n) is 4.13. The summed E-state index contributed by atoms with van der Waals surface area (Å²) < 4.78 is 23.3. The second kappa shape index (κ2) is 7.53. The van der Waals surface area contributed by atoms with Crippen LogP contribution in [0.5, 0.6) is 0 Å². The van der Waals surface area contributed by atoms with Crippen molar-refractivity contribution >= 4 is 38.9 Å². The molecule has 0 spiro atoms. The molecular weight excluding hydrogens is 352 g/mol. The minimum Gasteiger partial charge on any atom is -0.337 e. The van der Waals surface area contributed by atoms with Crippen molar-refractivity contribution in [2.75, 3.05) is 29.5 Å². The lowest BCUT2D eigenvalue weighted by Gasteiger charge is -2.30. The molecule has 1 atom stereocenters. The molecule has 1 heterocycles. The number of nitrogens with zero attached hydrogens (tertiary/aromatic N) is 2. The van der Waals surface area contributed by atoms with Crippen LogP contribution >= 0.6 is 11.6 Å². The topological polar surface area (TPSA) is 74.8 Å². The molecule has 1 aliphatic rings. The highest BCUT2D eigenvalue weighted by Gasteiger charge is 2.34. The molecule has 0 aromatic heterocycles. The van der Waals surface area contributed by atoms with E-state index in [-0.39, 0.29) is 35.9 Å². The fourth-order valence-corrected chi connectivity index (χ4v) is 4.89. The molecule has 8 heteroatoms. The van der Waals surface area contributed by atoms with Gasteiger partial charge in [0.2, 0.25) is 11.8 Å². The molecular formula is C16H21ClN2O4S. The van der Waals surface area contributed by atoms with E-state index in [9.17, 15) is 18.0 Å². The van der Waals surface area contributed by atoms with Gasteiger partial charge in [0, 0.05) is 19.5 Å². The van der Waals surface area contributed by atoms with Gasteiger partial charge >= 0.3 is 0 Å². The van der Waals surface area contributed by atoms with Crippen LogP contribution in [0.4, 0.5) is 5.69 Å². The maximum absolute atomic E-state index is 12.7. The van der Waals surface area contributed by atoms with Crippen molar-refractivity contribution in [3.63, 3.8) is 0 Å². The molecule has 1 saturated heterocycles. The number of hydrogen-bond donors (Lipinski definition) is 0. The van der Waals surface area contributed by atoms with Crippen LogP contribution in [0.2, 0.25) is 5.02 Å². The Hall–Kier alpha value is -1.60. The van der Waals surface area contributed by atoms with Gasteiger partial charge in [0.1, 0.15) is 6.54 Å². The third kappa shape index (κ3) is 4.27. The van der Waals surface area contributed by atoms with E-state index in [2.05, 4.69) is 0 Å². The Morgan fingerprint density at radius 1 is 1.29 bits per heavy atom. The van der Waals surface area contributed by atoms with Crippen LogP contribution in [-0.2, 0) is 19.4 Å². The van der Waals surface area contributed by atoms with E-state index in [1.54, 1.807) is 31.2 Å². The van der Waals surface area contributed by atoms with Gasteiger partial charge < -0.3 is 9.80 Å². The summed E-state index contributed by atoms with van der Waals surface area (Å²) in [5, 5.41) is 0.381. The first-order valence-corrected chi connectivity index (χ1v) is 9.97. The van der Waals surface area contributed by atoms with Crippen molar-refractivity contribution in [3.8, 4) is 0 Å². The van der Waals surface area contributed by atoms with Gasteiger partial charge in [0.25, 0.3) is 0 Å². The molecule has 0 radical (unpaired) electrons. The molecule has 24 heavy (non-hydrogen) atoms. The first kappa shape index (κ1) is 18.7. The van der Waals surface area contributed by atoms with Gasteiger partial charge in [-0.1, -0.05) is 23.7 Å². The first-order chi connectivity index (χ1) is 11.2. The zero-order chi connectivity index (χ0) is 17.9. The van der Waals surface area contributed by atoms with Crippen molar-refractivity contribution in [1.82, 2.24) is 4.90 Å². The average Bonchev–Trinajstić information content (AvgIpc) is 2.86. The molecule has 0 bridgehead atoms. The maximum atomic E-state index is 12.7. The van der Waals surface area contributed by atoms with Crippen LogP contribution in [0.3, 0.4) is 0 Å². The van der Waals surface area contributed by atoms with Crippen molar-refractivity contribution in [2.45, 2.75) is 26.3 Å². The largest absolute Gasteiger partial charge is 0.337 e. The normalized spacial score (nSPS) is 19.0. The summed E-state index contributed by atoms with van der Waals surface area (Å²) in [5.74, 6) is -0.498. The molecule has 0 N–H and O–H groups in total. The molecule has 1 fully saturated rings. The Morgan fingerprint density at radius 2 is 1.96 bits per heavy atom. The number of sulfone groups is 1. The van der Waals surface area contributed by atoms with E-state index in [4.69, 9.17) is 11.6 Å². The zero-order valence-electron chi connectivity index (χ0n) is 13.7. The summed E-state index contributed by atoms with van der Waals surface area (Å²) in [7, 11) is -3.08. The van der Waals surface area contributed by atoms with Gasteiger partial charge in [-0.3, -0.25) is 9.59 Å². The van der Waals surface area contributed by atoms with Gasteiger partial charge in [-0.25, -0.2) is 8.42 Å². The summed E-state index contributed by atoms with van der Waals surface area (Å²) >= 11 is 6.13. The molecule has 1 unspecified atom stereocenters. The molecule has 0 saturated carbocycles. The lowest BCUT2D eigenvalue weighted by molar-refractivity contribution is -0.132. The Labute approximate surface area is 147 Å². The summed E-state index contributed by atoms with van der Waals surface area (Å²) in [4.78, 5) is 27.5. The standard InChI is InChI=1S/C16H21ClN2O4S/c1-3-18(13-8-9-24(22,23)11-13)16(21)10-19(12(2)20)15-7-5-4-6-14(15)17/h4-7,13H,3,8-11H2,1-2H3. The van der Waals surface area contributed by atoms with Crippen LogP contribution in [0.15, 0.2) is 24.3 Å². The molecule has 2 amide bonds.